The van der Waals surface area contributed by atoms with E-state index in [0.29, 0.717) is 12.2 Å². The molecule has 0 aliphatic carbocycles. The number of amides is 2. The molecule has 9 heteroatoms. The lowest BCUT2D eigenvalue weighted by Gasteiger charge is -2.16. The molecule has 0 heterocycles. The molecule has 0 bridgehead atoms. The van der Waals surface area contributed by atoms with Crippen LogP contribution in [-0.2, 0) is 4.74 Å². The number of hydrogen-bond acceptors (Lipinski definition) is 4. The van der Waals surface area contributed by atoms with Crippen molar-refractivity contribution in [3.8, 4) is 5.75 Å². The molecule has 2 unspecified atom stereocenters. The number of ether oxygens (including phenoxy) is 2. The van der Waals surface area contributed by atoms with Crippen LogP contribution in [-0.4, -0.2) is 43.8 Å². The highest BCUT2D eigenvalue weighted by Gasteiger charge is 2.31. The van der Waals surface area contributed by atoms with E-state index in [1.54, 1.807) is 6.92 Å². The molecule has 0 radical (unpaired) electrons. The van der Waals surface area contributed by atoms with Crippen molar-refractivity contribution in [3.05, 3.63) is 29.8 Å². The number of aliphatic hydroxyl groups is 1. The Morgan fingerprint density at radius 1 is 1.30 bits per heavy atom. The smallest absolute Gasteiger partial charge is 0.406 e. The Morgan fingerprint density at radius 3 is 2.43 bits per heavy atom. The maximum Gasteiger partial charge on any atom is 0.573 e. The molecule has 0 aromatic heterocycles. The van der Waals surface area contributed by atoms with Gasteiger partial charge in [-0.2, -0.15) is 0 Å². The van der Waals surface area contributed by atoms with Gasteiger partial charge in [-0.1, -0.05) is 12.1 Å². The molecule has 0 aliphatic rings. The van der Waals surface area contributed by atoms with Crippen LogP contribution in [0.4, 0.5) is 18.0 Å². The van der Waals surface area contributed by atoms with E-state index in [0.717, 1.165) is 12.1 Å². The van der Waals surface area contributed by atoms with Gasteiger partial charge >= 0.3 is 12.4 Å². The van der Waals surface area contributed by atoms with Gasteiger partial charge in [-0.05, 0) is 24.6 Å². The molecule has 0 aliphatic heterocycles. The molecule has 0 saturated heterocycles. The molecule has 0 fully saturated rings. The lowest BCUT2D eigenvalue weighted by atomic mass is 10.1. The number of halogens is 3. The van der Waals surface area contributed by atoms with Crippen LogP contribution in [0.25, 0.3) is 0 Å². The molecular weight excluding hydrogens is 317 g/mol. The fourth-order valence-electron chi connectivity index (χ4n) is 1.77. The average molecular weight is 336 g/mol. The van der Waals surface area contributed by atoms with Crippen molar-refractivity contribution in [2.75, 3.05) is 20.3 Å². The maximum atomic E-state index is 12.0. The van der Waals surface area contributed by atoms with Gasteiger partial charge in [0.05, 0.1) is 18.8 Å². The van der Waals surface area contributed by atoms with Crippen LogP contribution in [0.15, 0.2) is 24.3 Å². The van der Waals surface area contributed by atoms with E-state index in [1.807, 2.05) is 0 Å². The van der Waals surface area contributed by atoms with E-state index in [4.69, 9.17) is 4.74 Å². The van der Waals surface area contributed by atoms with E-state index in [1.165, 1.54) is 19.2 Å². The van der Waals surface area contributed by atoms with E-state index < -0.39 is 18.5 Å². The van der Waals surface area contributed by atoms with Crippen molar-refractivity contribution in [3.63, 3.8) is 0 Å². The number of rotatable bonds is 7. The van der Waals surface area contributed by atoms with Crippen molar-refractivity contribution >= 4 is 6.03 Å². The second-order valence-corrected chi connectivity index (χ2v) is 4.84. The number of alkyl halides is 3. The Kier molecular flexibility index (Phi) is 7.11. The Morgan fingerprint density at radius 2 is 1.91 bits per heavy atom. The minimum absolute atomic E-state index is 0.0923. The molecule has 0 spiro atoms. The predicted octanol–water partition coefficient (Wildman–Crippen LogP) is 1.95. The zero-order valence-corrected chi connectivity index (χ0v) is 12.7. The summed E-state index contributed by atoms with van der Waals surface area (Å²) in [5, 5.41) is 14.9. The molecule has 1 rings (SSSR count). The fraction of sp³-hybridized carbons (Fsp3) is 0.500. The lowest BCUT2D eigenvalue weighted by molar-refractivity contribution is -0.274. The minimum atomic E-state index is -4.77. The zero-order chi connectivity index (χ0) is 17.5. The summed E-state index contributed by atoms with van der Waals surface area (Å²) in [6.45, 7) is 2.00. The van der Waals surface area contributed by atoms with Gasteiger partial charge in [-0.15, -0.1) is 13.2 Å². The van der Waals surface area contributed by atoms with Crippen LogP contribution < -0.4 is 15.4 Å². The number of urea groups is 1. The van der Waals surface area contributed by atoms with Crippen molar-refractivity contribution in [2.24, 2.45) is 0 Å². The van der Waals surface area contributed by atoms with E-state index in [9.17, 15) is 23.1 Å². The number of aliphatic hydroxyl groups excluding tert-OH is 1. The Labute approximate surface area is 131 Å². The summed E-state index contributed by atoms with van der Waals surface area (Å²) in [5.41, 5.74) is 0.352. The molecule has 1 aromatic rings. The predicted molar refractivity (Wildman–Crippen MR) is 76.0 cm³/mol. The molecule has 3 N–H and O–H groups in total. The van der Waals surface area contributed by atoms with E-state index >= 15 is 0 Å². The fourth-order valence-corrected chi connectivity index (χ4v) is 1.77. The summed E-state index contributed by atoms with van der Waals surface area (Å²) in [6.07, 6.45) is -5.82. The SMILES string of the molecule is COCC(C)NC(=O)NCC(O)c1ccc(OC(F)(F)F)cc1. The maximum absolute atomic E-state index is 12.0. The van der Waals surface area contributed by atoms with Gasteiger partial charge in [0.25, 0.3) is 0 Å². The van der Waals surface area contributed by atoms with Gasteiger partial charge in [0.2, 0.25) is 0 Å². The van der Waals surface area contributed by atoms with Crippen LogP contribution in [0, 0.1) is 0 Å². The highest BCUT2D eigenvalue weighted by molar-refractivity contribution is 5.74. The first-order valence-electron chi connectivity index (χ1n) is 6.78. The highest BCUT2D eigenvalue weighted by Crippen LogP contribution is 2.24. The number of methoxy groups -OCH3 is 1. The van der Waals surface area contributed by atoms with Gasteiger partial charge in [0.15, 0.2) is 0 Å². The van der Waals surface area contributed by atoms with Crippen molar-refractivity contribution in [1.29, 1.82) is 0 Å². The number of carbonyl (C=O) groups is 1. The third-order valence-electron chi connectivity index (χ3n) is 2.75. The normalized spacial score (nSPS) is 14.0. The number of hydrogen-bond donors (Lipinski definition) is 3. The zero-order valence-electron chi connectivity index (χ0n) is 12.7. The molecule has 2 amide bonds. The van der Waals surface area contributed by atoms with Crippen molar-refractivity contribution in [2.45, 2.75) is 25.4 Å². The third-order valence-corrected chi connectivity index (χ3v) is 2.75. The number of carbonyl (C=O) groups excluding carboxylic acids is 1. The summed E-state index contributed by atoms with van der Waals surface area (Å²) >= 11 is 0. The second kappa shape index (κ2) is 8.59. The Balaban J connectivity index is 2.45. The van der Waals surface area contributed by atoms with Crippen LogP contribution >= 0.6 is 0 Å². The number of nitrogens with one attached hydrogen (secondary N) is 2. The van der Waals surface area contributed by atoms with Crippen LogP contribution in [0.2, 0.25) is 0 Å². The monoisotopic (exact) mass is 336 g/mol. The quantitative estimate of drug-likeness (QED) is 0.711. The van der Waals surface area contributed by atoms with Gasteiger partial charge < -0.3 is 25.2 Å². The molecule has 6 nitrogen and oxygen atoms in total. The molecule has 1 aromatic carbocycles. The van der Waals surface area contributed by atoms with E-state index in [-0.39, 0.29) is 18.3 Å². The molecule has 23 heavy (non-hydrogen) atoms. The van der Waals surface area contributed by atoms with Crippen molar-refractivity contribution < 1.29 is 32.5 Å². The molecule has 2 atom stereocenters. The van der Waals surface area contributed by atoms with Crippen LogP contribution in [0.3, 0.4) is 0 Å². The first-order chi connectivity index (χ1) is 10.7. The topological polar surface area (TPSA) is 79.8 Å². The summed E-state index contributed by atoms with van der Waals surface area (Å²) < 4.78 is 44.7. The summed E-state index contributed by atoms with van der Waals surface area (Å²) in [7, 11) is 1.51. The minimum Gasteiger partial charge on any atom is -0.406 e. The van der Waals surface area contributed by atoms with Crippen molar-refractivity contribution in [1.82, 2.24) is 10.6 Å². The molecule has 130 valence electrons. The van der Waals surface area contributed by atoms with Crippen LogP contribution in [0.1, 0.15) is 18.6 Å². The third kappa shape index (κ3) is 7.71. The average Bonchev–Trinajstić information content (AvgIpc) is 2.44. The molecule has 0 saturated carbocycles. The van der Waals surface area contributed by atoms with Gasteiger partial charge in [0, 0.05) is 13.7 Å². The largest absolute Gasteiger partial charge is 0.573 e. The van der Waals surface area contributed by atoms with Gasteiger partial charge in [0.1, 0.15) is 5.75 Å². The Hall–Kier alpha value is -2.00. The van der Waals surface area contributed by atoms with Crippen LogP contribution in [0.5, 0.6) is 5.75 Å². The van der Waals surface area contributed by atoms with Gasteiger partial charge in [-0.25, -0.2) is 4.79 Å². The summed E-state index contributed by atoms with van der Waals surface area (Å²) in [6, 6.07) is 4.08. The Bertz CT molecular complexity index is 494. The highest BCUT2D eigenvalue weighted by atomic mass is 19.4. The second-order valence-electron chi connectivity index (χ2n) is 4.84. The summed E-state index contributed by atoms with van der Waals surface area (Å²) in [4.78, 5) is 11.5. The lowest BCUT2D eigenvalue weighted by Crippen LogP contribution is -2.43. The number of benzene rings is 1. The first-order valence-corrected chi connectivity index (χ1v) is 6.78. The first kappa shape index (κ1) is 19.0. The standard InChI is InChI=1S/C14H19F3N2O4/c1-9(8-22-2)19-13(21)18-7-12(20)10-3-5-11(6-4-10)23-14(15,16)17/h3-6,9,12,20H,7-8H2,1-2H3,(H2,18,19,21). The summed E-state index contributed by atoms with van der Waals surface area (Å²) in [5.74, 6) is -0.382. The van der Waals surface area contributed by atoms with Gasteiger partial charge in [-0.3, -0.25) is 0 Å². The van der Waals surface area contributed by atoms with E-state index in [2.05, 4.69) is 15.4 Å². The molecular formula is C14H19F3N2O4.